The second kappa shape index (κ2) is 7.31. The van der Waals surface area contributed by atoms with E-state index in [4.69, 9.17) is 0 Å². The van der Waals surface area contributed by atoms with E-state index in [1.807, 2.05) is 7.05 Å². The zero-order chi connectivity index (χ0) is 13.5. The number of rotatable bonds is 7. The van der Waals surface area contributed by atoms with Crippen LogP contribution < -0.4 is 10.2 Å². The molecule has 0 saturated heterocycles. The minimum atomic E-state index is -0.275. The first-order valence-corrected chi connectivity index (χ1v) is 6.63. The lowest BCUT2D eigenvalue weighted by atomic mass is 10.2. The maximum atomic E-state index is 13.3. The maximum Gasteiger partial charge on any atom is 0.141 e. The fraction of sp³-hybridized carbons (Fsp3) is 0.643. The Labute approximate surface area is 109 Å². The molecular formula is C14H24FN3. The van der Waals surface area contributed by atoms with E-state index in [1.165, 1.54) is 6.20 Å². The molecule has 0 amide bonds. The number of pyridine rings is 1. The van der Waals surface area contributed by atoms with Crippen molar-refractivity contribution in [2.24, 2.45) is 0 Å². The van der Waals surface area contributed by atoms with Gasteiger partial charge in [-0.3, -0.25) is 0 Å². The summed E-state index contributed by atoms with van der Waals surface area (Å²) in [6.07, 6.45) is 3.55. The van der Waals surface area contributed by atoms with E-state index in [0.717, 1.165) is 30.8 Å². The third-order valence-electron chi connectivity index (χ3n) is 2.82. The number of nitrogens with zero attached hydrogens (tertiary/aromatic N) is 2. The summed E-state index contributed by atoms with van der Waals surface area (Å²) in [7, 11) is 2.01. The molecule has 4 heteroatoms. The monoisotopic (exact) mass is 253 g/mol. The van der Waals surface area contributed by atoms with Gasteiger partial charge in [-0.25, -0.2) is 9.37 Å². The van der Waals surface area contributed by atoms with E-state index in [0.29, 0.717) is 12.6 Å². The first kappa shape index (κ1) is 14.9. The molecule has 1 aromatic heterocycles. The molecule has 0 aliphatic carbocycles. The highest BCUT2D eigenvalue weighted by Crippen LogP contribution is 2.18. The van der Waals surface area contributed by atoms with Crippen molar-refractivity contribution >= 4 is 5.82 Å². The molecule has 0 spiro atoms. The fourth-order valence-corrected chi connectivity index (χ4v) is 1.76. The molecule has 0 unspecified atom stereocenters. The summed E-state index contributed by atoms with van der Waals surface area (Å²) in [5, 5.41) is 3.31. The summed E-state index contributed by atoms with van der Waals surface area (Å²) in [4.78, 5) is 6.32. The van der Waals surface area contributed by atoms with Crippen molar-refractivity contribution in [2.45, 2.75) is 46.2 Å². The van der Waals surface area contributed by atoms with Gasteiger partial charge in [-0.2, -0.15) is 0 Å². The first-order valence-electron chi connectivity index (χ1n) is 6.63. The molecule has 1 N–H and O–H groups in total. The van der Waals surface area contributed by atoms with Crippen molar-refractivity contribution in [1.29, 1.82) is 0 Å². The standard InChI is InChI=1S/C14H24FN3/c1-5-6-7-18(4)14-12(9-16-11(2)3)8-13(15)10-17-14/h8,10-11,16H,5-7,9H2,1-4H3. The van der Waals surface area contributed by atoms with Gasteiger partial charge in [0.2, 0.25) is 0 Å². The fourth-order valence-electron chi connectivity index (χ4n) is 1.76. The number of hydrogen-bond acceptors (Lipinski definition) is 3. The predicted molar refractivity (Wildman–Crippen MR) is 74.3 cm³/mol. The molecule has 18 heavy (non-hydrogen) atoms. The Morgan fingerprint density at radius 1 is 1.44 bits per heavy atom. The molecular weight excluding hydrogens is 229 g/mol. The van der Waals surface area contributed by atoms with Crippen LogP contribution in [0.25, 0.3) is 0 Å². The molecule has 0 aliphatic rings. The van der Waals surface area contributed by atoms with E-state index in [9.17, 15) is 4.39 Å². The lowest BCUT2D eigenvalue weighted by Gasteiger charge is -2.21. The van der Waals surface area contributed by atoms with Crippen molar-refractivity contribution in [3.8, 4) is 0 Å². The summed E-state index contributed by atoms with van der Waals surface area (Å²) >= 11 is 0. The Hall–Kier alpha value is -1.16. The molecule has 3 nitrogen and oxygen atoms in total. The van der Waals surface area contributed by atoms with Crippen LogP contribution in [0.4, 0.5) is 10.2 Å². The Kier molecular flexibility index (Phi) is 6.05. The Morgan fingerprint density at radius 2 is 2.17 bits per heavy atom. The average Bonchev–Trinajstić information content (AvgIpc) is 2.33. The molecule has 0 aromatic carbocycles. The van der Waals surface area contributed by atoms with Crippen molar-refractivity contribution < 1.29 is 4.39 Å². The normalized spacial score (nSPS) is 11.0. The Bertz CT molecular complexity index is 366. The van der Waals surface area contributed by atoms with Crippen molar-refractivity contribution in [2.75, 3.05) is 18.5 Å². The maximum absolute atomic E-state index is 13.3. The van der Waals surface area contributed by atoms with E-state index in [2.05, 4.69) is 36.0 Å². The molecule has 0 bridgehead atoms. The summed E-state index contributed by atoms with van der Waals surface area (Å²) in [5.41, 5.74) is 0.919. The molecule has 1 heterocycles. The van der Waals surface area contributed by atoms with Gasteiger partial charge in [0.05, 0.1) is 6.20 Å². The highest BCUT2D eigenvalue weighted by molar-refractivity contribution is 5.46. The van der Waals surface area contributed by atoms with Crippen LogP contribution in [0.5, 0.6) is 0 Å². The molecule has 0 atom stereocenters. The highest BCUT2D eigenvalue weighted by Gasteiger charge is 2.10. The minimum absolute atomic E-state index is 0.275. The Balaban J connectivity index is 2.81. The van der Waals surface area contributed by atoms with Crippen LogP contribution in [0.3, 0.4) is 0 Å². The largest absolute Gasteiger partial charge is 0.359 e. The van der Waals surface area contributed by atoms with Crippen molar-refractivity contribution in [1.82, 2.24) is 10.3 Å². The molecule has 1 rings (SSSR count). The smallest absolute Gasteiger partial charge is 0.141 e. The number of aromatic nitrogens is 1. The predicted octanol–water partition coefficient (Wildman–Crippen LogP) is 2.96. The highest BCUT2D eigenvalue weighted by atomic mass is 19.1. The second-order valence-electron chi connectivity index (χ2n) is 4.95. The van der Waals surface area contributed by atoms with Crippen molar-refractivity contribution in [3.63, 3.8) is 0 Å². The molecule has 0 radical (unpaired) electrons. The third kappa shape index (κ3) is 4.61. The van der Waals surface area contributed by atoms with Gasteiger partial charge >= 0.3 is 0 Å². The van der Waals surface area contributed by atoms with Gasteiger partial charge in [0.25, 0.3) is 0 Å². The quantitative estimate of drug-likeness (QED) is 0.809. The van der Waals surface area contributed by atoms with Crippen LogP contribution in [-0.2, 0) is 6.54 Å². The van der Waals surface area contributed by atoms with E-state index in [1.54, 1.807) is 6.07 Å². The molecule has 0 aliphatic heterocycles. The summed E-state index contributed by atoms with van der Waals surface area (Å²) < 4.78 is 13.3. The van der Waals surface area contributed by atoms with Crippen LogP contribution >= 0.6 is 0 Å². The number of anilines is 1. The van der Waals surface area contributed by atoms with Crippen molar-refractivity contribution in [3.05, 3.63) is 23.6 Å². The third-order valence-corrected chi connectivity index (χ3v) is 2.82. The van der Waals surface area contributed by atoms with Crippen LogP contribution in [-0.4, -0.2) is 24.6 Å². The summed E-state index contributed by atoms with van der Waals surface area (Å²) in [5.74, 6) is 0.598. The lowest BCUT2D eigenvalue weighted by Crippen LogP contribution is -2.26. The molecule has 0 saturated carbocycles. The lowest BCUT2D eigenvalue weighted by molar-refractivity contribution is 0.576. The topological polar surface area (TPSA) is 28.2 Å². The molecule has 102 valence electrons. The Morgan fingerprint density at radius 3 is 2.78 bits per heavy atom. The van der Waals surface area contributed by atoms with Gasteiger partial charge in [-0.1, -0.05) is 27.2 Å². The SMILES string of the molecule is CCCCN(C)c1ncc(F)cc1CNC(C)C. The van der Waals surface area contributed by atoms with Gasteiger partial charge in [-0.05, 0) is 12.5 Å². The molecule has 1 aromatic rings. The average molecular weight is 253 g/mol. The summed E-state index contributed by atoms with van der Waals surface area (Å²) in [6.45, 7) is 7.91. The van der Waals surface area contributed by atoms with Gasteiger partial charge in [0.1, 0.15) is 11.6 Å². The number of hydrogen-bond donors (Lipinski definition) is 1. The zero-order valence-corrected chi connectivity index (χ0v) is 11.8. The van der Waals surface area contributed by atoms with E-state index in [-0.39, 0.29) is 5.82 Å². The van der Waals surface area contributed by atoms with Crippen LogP contribution in [0, 0.1) is 5.82 Å². The first-order chi connectivity index (χ1) is 8.54. The molecule has 0 fully saturated rings. The summed E-state index contributed by atoms with van der Waals surface area (Å²) in [6, 6.07) is 1.95. The van der Waals surface area contributed by atoms with Gasteiger partial charge in [0.15, 0.2) is 0 Å². The van der Waals surface area contributed by atoms with E-state index < -0.39 is 0 Å². The van der Waals surface area contributed by atoms with Crippen LogP contribution in [0.15, 0.2) is 12.3 Å². The van der Waals surface area contributed by atoms with E-state index >= 15 is 0 Å². The number of unbranched alkanes of at least 4 members (excludes halogenated alkanes) is 1. The number of nitrogens with one attached hydrogen (secondary N) is 1. The van der Waals surface area contributed by atoms with Gasteiger partial charge in [0, 0.05) is 31.7 Å². The number of halogens is 1. The van der Waals surface area contributed by atoms with Gasteiger partial charge < -0.3 is 10.2 Å². The van der Waals surface area contributed by atoms with Crippen LogP contribution in [0.1, 0.15) is 39.2 Å². The second-order valence-corrected chi connectivity index (χ2v) is 4.95. The van der Waals surface area contributed by atoms with Gasteiger partial charge in [-0.15, -0.1) is 0 Å². The minimum Gasteiger partial charge on any atom is -0.359 e. The van der Waals surface area contributed by atoms with Crippen LogP contribution in [0.2, 0.25) is 0 Å². The zero-order valence-electron chi connectivity index (χ0n) is 11.8.